The molecule has 4 heteroatoms. The molecule has 2 N–H and O–H groups in total. The van der Waals surface area contributed by atoms with Crippen LogP contribution in [0.15, 0.2) is 4.99 Å². The first-order valence-corrected chi connectivity index (χ1v) is 2.40. The van der Waals surface area contributed by atoms with Gasteiger partial charge in [0.25, 0.3) is 6.02 Å². The first-order valence-electron chi connectivity index (χ1n) is 1.49. The minimum absolute atomic E-state index is 0.292. The average Bonchev–Trinajstić information content (AvgIpc) is 1.86. The number of hydrogen-bond donors (Lipinski definition) is 1. The monoisotopic (exact) mass is 104 g/mol. The highest BCUT2D eigenvalue weighted by Gasteiger charge is 1.99. The van der Waals surface area contributed by atoms with E-state index in [1.54, 1.807) is 0 Å². The van der Waals surface area contributed by atoms with Crippen molar-refractivity contribution in [1.29, 1.82) is 0 Å². The van der Waals surface area contributed by atoms with Crippen LogP contribution < -0.4 is 5.73 Å². The summed E-state index contributed by atoms with van der Waals surface area (Å²) in [5.74, 6) is 0.645. The summed E-state index contributed by atoms with van der Waals surface area (Å²) >= 11 is 1.25. The summed E-state index contributed by atoms with van der Waals surface area (Å²) in [5, 5.41) is 0. The van der Waals surface area contributed by atoms with Gasteiger partial charge in [-0.15, -0.1) is 0 Å². The van der Waals surface area contributed by atoms with Crippen LogP contribution in [0.25, 0.3) is 0 Å². The van der Waals surface area contributed by atoms with Gasteiger partial charge in [-0.05, 0) is 0 Å². The first-order chi connectivity index (χ1) is 2.89. The van der Waals surface area contributed by atoms with Crippen LogP contribution in [0.3, 0.4) is 0 Å². The van der Waals surface area contributed by atoms with E-state index in [-0.39, 0.29) is 0 Å². The Hall–Kier alpha value is -0.380. The van der Waals surface area contributed by atoms with Gasteiger partial charge >= 0.3 is 0 Å². The van der Waals surface area contributed by atoms with Gasteiger partial charge in [0.15, 0.2) is 0 Å². The third-order valence-corrected chi connectivity index (χ3v) is 0.941. The predicted octanol–water partition coefficient (Wildman–Crippen LogP) is -0.0630. The van der Waals surface area contributed by atoms with Gasteiger partial charge in [-0.25, -0.2) is 4.99 Å². The number of hydrogen-bond acceptors (Lipinski definition) is 4. The molecule has 0 saturated carbocycles. The van der Waals surface area contributed by atoms with Crippen molar-refractivity contribution >= 4 is 18.1 Å². The largest absolute Gasteiger partial charge is 0.389 e. The van der Waals surface area contributed by atoms with E-state index in [1.165, 1.54) is 12.0 Å². The molecule has 0 spiro atoms. The van der Waals surface area contributed by atoms with Crippen molar-refractivity contribution < 1.29 is 4.18 Å². The molecule has 6 heavy (non-hydrogen) atoms. The maximum atomic E-state index is 5.04. The van der Waals surface area contributed by atoms with E-state index in [4.69, 9.17) is 5.73 Å². The molecule has 3 nitrogen and oxygen atoms in total. The second-order valence-electron chi connectivity index (χ2n) is 0.827. The maximum Gasteiger partial charge on any atom is 0.295 e. The van der Waals surface area contributed by atoms with E-state index < -0.39 is 0 Å². The highest BCUT2D eigenvalue weighted by Crippen LogP contribution is 2.07. The third kappa shape index (κ3) is 0.567. The smallest absolute Gasteiger partial charge is 0.295 e. The summed E-state index contributed by atoms with van der Waals surface area (Å²) in [5.41, 5.74) is 5.04. The van der Waals surface area contributed by atoms with E-state index in [9.17, 15) is 0 Å². The van der Waals surface area contributed by atoms with Crippen LogP contribution in [0.5, 0.6) is 0 Å². The fraction of sp³-hybridized carbons (Fsp3) is 0.500. The van der Waals surface area contributed by atoms with Crippen LogP contribution >= 0.6 is 12.0 Å². The Morgan fingerprint density at radius 3 is 3.00 bits per heavy atom. The molecule has 1 rings (SSSR count). The van der Waals surface area contributed by atoms with Crippen LogP contribution in [0.2, 0.25) is 0 Å². The number of amidine groups is 1. The van der Waals surface area contributed by atoms with E-state index in [0.29, 0.717) is 11.9 Å². The van der Waals surface area contributed by atoms with Gasteiger partial charge in [-0.1, -0.05) is 0 Å². The van der Waals surface area contributed by atoms with Crippen molar-refractivity contribution in [3.63, 3.8) is 0 Å². The van der Waals surface area contributed by atoms with Gasteiger partial charge in [0.2, 0.25) is 0 Å². The molecular weight excluding hydrogens is 100 g/mol. The van der Waals surface area contributed by atoms with Crippen LogP contribution in [-0.4, -0.2) is 11.9 Å². The summed E-state index contributed by atoms with van der Waals surface area (Å²) in [4.78, 5) is 3.67. The summed E-state index contributed by atoms with van der Waals surface area (Å²) in [7, 11) is 0. The van der Waals surface area contributed by atoms with E-state index >= 15 is 0 Å². The molecule has 0 radical (unpaired) electrons. The Morgan fingerprint density at radius 2 is 2.83 bits per heavy atom. The van der Waals surface area contributed by atoms with Crippen LogP contribution in [0.4, 0.5) is 0 Å². The number of aliphatic imine (C=N–C) groups is 1. The predicted molar refractivity (Wildman–Crippen MR) is 25.2 cm³/mol. The first kappa shape index (κ1) is 3.80. The van der Waals surface area contributed by atoms with Crippen LogP contribution in [-0.2, 0) is 4.18 Å². The molecule has 0 bridgehead atoms. The molecular formula is C2H4N2OS. The van der Waals surface area contributed by atoms with Gasteiger partial charge in [-0.2, -0.15) is 0 Å². The summed E-state index contributed by atoms with van der Waals surface area (Å²) < 4.78 is 4.60. The fourth-order valence-electron chi connectivity index (χ4n) is 0.203. The molecule has 0 aromatic heterocycles. The zero-order valence-corrected chi connectivity index (χ0v) is 3.86. The fourth-order valence-corrected chi connectivity index (χ4v) is 0.609. The quantitative estimate of drug-likeness (QED) is 0.438. The SMILES string of the molecule is NC1=NCSO1. The van der Waals surface area contributed by atoms with Crippen molar-refractivity contribution in [3.05, 3.63) is 0 Å². The van der Waals surface area contributed by atoms with Crippen molar-refractivity contribution in [2.45, 2.75) is 0 Å². The van der Waals surface area contributed by atoms with Gasteiger partial charge in [0.1, 0.15) is 5.88 Å². The van der Waals surface area contributed by atoms with Gasteiger partial charge in [-0.3, -0.25) is 0 Å². The molecule has 34 valence electrons. The van der Waals surface area contributed by atoms with Crippen molar-refractivity contribution in [1.82, 2.24) is 0 Å². The summed E-state index contributed by atoms with van der Waals surface area (Å²) in [6.45, 7) is 0. The highest BCUT2D eigenvalue weighted by molar-refractivity contribution is 7.95. The van der Waals surface area contributed by atoms with Crippen LogP contribution in [0.1, 0.15) is 0 Å². The molecule has 0 atom stereocenters. The standard InChI is InChI=1S/C2H4N2OS/c3-2-4-1-6-5-2/h1H2,(H2,3,4). The normalized spacial score (nSPS) is 19.7. The topological polar surface area (TPSA) is 47.6 Å². The van der Waals surface area contributed by atoms with Crippen molar-refractivity contribution in [2.75, 3.05) is 5.88 Å². The number of nitrogens with zero attached hydrogens (tertiary/aromatic N) is 1. The summed E-state index contributed by atoms with van der Waals surface area (Å²) in [6, 6.07) is 0.292. The van der Waals surface area contributed by atoms with Gasteiger partial charge < -0.3 is 9.92 Å². The molecule has 0 saturated heterocycles. The van der Waals surface area contributed by atoms with Crippen LogP contribution in [0, 0.1) is 0 Å². The lowest BCUT2D eigenvalue weighted by Crippen LogP contribution is -2.07. The Morgan fingerprint density at radius 1 is 2.00 bits per heavy atom. The second-order valence-corrected chi connectivity index (χ2v) is 1.49. The van der Waals surface area contributed by atoms with E-state index in [0.717, 1.165) is 0 Å². The molecule has 0 aromatic rings. The molecule has 1 heterocycles. The zero-order valence-electron chi connectivity index (χ0n) is 3.05. The molecule has 0 aromatic carbocycles. The third-order valence-electron chi connectivity index (χ3n) is 0.417. The summed E-state index contributed by atoms with van der Waals surface area (Å²) in [6.07, 6.45) is 0. The van der Waals surface area contributed by atoms with Crippen molar-refractivity contribution in [2.24, 2.45) is 10.7 Å². The second kappa shape index (κ2) is 1.38. The molecule has 1 aliphatic rings. The molecule has 0 unspecified atom stereocenters. The van der Waals surface area contributed by atoms with Gasteiger partial charge in [0.05, 0.1) is 12.0 Å². The minimum Gasteiger partial charge on any atom is -0.389 e. The molecule has 0 aliphatic carbocycles. The Balaban J connectivity index is 2.45. The van der Waals surface area contributed by atoms with Crippen molar-refractivity contribution in [3.8, 4) is 0 Å². The Bertz CT molecular complexity index is 81.6. The number of rotatable bonds is 0. The lowest BCUT2D eigenvalue weighted by molar-refractivity contribution is 0.651. The molecule has 0 fully saturated rings. The van der Waals surface area contributed by atoms with E-state index in [1.807, 2.05) is 0 Å². The lowest BCUT2D eigenvalue weighted by atomic mass is 11.2. The lowest BCUT2D eigenvalue weighted by Gasteiger charge is -1.82. The minimum atomic E-state index is 0.292. The van der Waals surface area contributed by atoms with Gasteiger partial charge in [0, 0.05) is 0 Å². The maximum absolute atomic E-state index is 5.04. The molecule has 0 amide bonds. The Labute approximate surface area is 39.8 Å². The number of nitrogens with two attached hydrogens (primary N) is 1. The zero-order chi connectivity index (χ0) is 4.41. The Kier molecular flexibility index (Phi) is 0.874. The highest BCUT2D eigenvalue weighted by atomic mass is 32.2. The average molecular weight is 104 g/mol. The molecule has 1 aliphatic heterocycles. The van der Waals surface area contributed by atoms with E-state index in [2.05, 4.69) is 9.18 Å².